The summed E-state index contributed by atoms with van der Waals surface area (Å²) in [6.45, 7) is 1.66. The second kappa shape index (κ2) is 10.5. The summed E-state index contributed by atoms with van der Waals surface area (Å²) in [5, 5.41) is 22.4. The predicted molar refractivity (Wildman–Crippen MR) is 115 cm³/mol. The van der Waals surface area contributed by atoms with Crippen molar-refractivity contribution < 1.29 is 19.3 Å². The lowest BCUT2D eigenvalue weighted by Crippen LogP contribution is -2.31. The summed E-state index contributed by atoms with van der Waals surface area (Å²) >= 11 is 5.88. The summed E-state index contributed by atoms with van der Waals surface area (Å²) in [5.74, 6) is 0.774. The summed E-state index contributed by atoms with van der Waals surface area (Å²) in [6, 6.07) is 8.17. The second-order valence-corrected chi connectivity index (χ2v) is 7.10. The topological polar surface area (TPSA) is 90.7 Å². The van der Waals surface area contributed by atoms with Crippen LogP contribution in [-0.4, -0.2) is 65.0 Å². The molecular weight excluding hydrogens is 411 g/mol. The van der Waals surface area contributed by atoms with Crippen LogP contribution in [0.4, 0.5) is 15.9 Å². The molecule has 0 radical (unpaired) electrons. The van der Waals surface area contributed by atoms with Crippen LogP contribution in [0.15, 0.2) is 36.7 Å². The van der Waals surface area contributed by atoms with Crippen LogP contribution in [0.3, 0.4) is 0 Å². The lowest BCUT2D eigenvalue weighted by atomic mass is 10.1. The number of aliphatic hydroxyl groups is 2. The Balaban J connectivity index is 1.92. The number of rotatable bonds is 10. The van der Waals surface area contributed by atoms with E-state index in [-0.39, 0.29) is 18.2 Å². The van der Waals surface area contributed by atoms with Crippen molar-refractivity contribution in [2.45, 2.75) is 6.42 Å². The van der Waals surface area contributed by atoms with Crippen molar-refractivity contribution in [1.29, 1.82) is 0 Å². The van der Waals surface area contributed by atoms with Gasteiger partial charge >= 0.3 is 0 Å². The first-order valence-corrected chi connectivity index (χ1v) is 9.91. The minimum Gasteiger partial charge on any atom is -0.496 e. The molecule has 1 heterocycles. The van der Waals surface area contributed by atoms with Gasteiger partial charge in [0.05, 0.1) is 30.9 Å². The van der Waals surface area contributed by atoms with Crippen molar-refractivity contribution in [3.63, 3.8) is 0 Å². The molecule has 0 amide bonds. The summed E-state index contributed by atoms with van der Waals surface area (Å²) in [6.07, 6.45) is 2.09. The lowest BCUT2D eigenvalue weighted by molar-refractivity contribution is 0.162. The van der Waals surface area contributed by atoms with Gasteiger partial charge in [-0.05, 0) is 36.2 Å². The Morgan fingerprint density at radius 1 is 1.10 bits per heavy atom. The number of methoxy groups -OCH3 is 1. The van der Waals surface area contributed by atoms with Crippen LogP contribution in [0.2, 0.25) is 5.02 Å². The van der Waals surface area contributed by atoms with E-state index in [1.54, 1.807) is 13.2 Å². The molecule has 0 saturated heterocycles. The van der Waals surface area contributed by atoms with Crippen LogP contribution in [0.1, 0.15) is 5.56 Å². The fraction of sp³-hybridized carbons (Fsp3) is 0.333. The third-order valence-electron chi connectivity index (χ3n) is 4.75. The maximum absolute atomic E-state index is 13.5. The number of nitrogens with zero attached hydrogens (tertiary/aromatic N) is 3. The van der Waals surface area contributed by atoms with E-state index in [1.807, 2.05) is 17.0 Å². The first-order chi connectivity index (χ1) is 14.5. The fourth-order valence-electron chi connectivity index (χ4n) is 3.22. The standard InChI is InChI=1S/C21H24ClFN4O3/c1-30-20-12-19-16(10-14(20)4-5-27(6-8-28)7-9-29)21(25-13-24-19)26-15-2-3-18(23)17(22)11-15/h2-3,10-13,28-29H,4-9H2,1H3,(H,24,25,26). The smallest absolute Gasteiger partial charge is 0.141 e. The summed E-state index contributed by atoms with van der Waals surface area (Å²) in [4.78, 5) is 10.6. The van der Waals surface area contributed by atoms with Crippen LogP contribution >= 0.6 is 11.6 Å². The minimum atomic E-state index is -0.489. The van der Waals surface area contributed by atoms with Crippen molar-refractivity contribution in [3.8, 4) is 5.75 Å². The molecule has 9 heteroatoms. The maximum atomic E-state index is 13.5. The largest absolute Gasteiger partial charge is 0.496 e. The van der Waals surface area contributed by atoms with Gasteiger partial charge in [-0.25, -0.2) is 14.4 Å². The van der Waals surface area contributed by atoms with Crippen LogP contribution in [0.25, 0.3) is 10.9 Å². The van der Waals surface area contributed by atoms with Gasteiger partial charge in [-0.2, -0.15) is 0 Å². The molecule has 0 saturated carbocycles. The molecule has 0 aliphatic carbocycles. The van der Waals surface area contributed by atoms with Gasteiger partial charge in [-0.15, -0.1) is 0 Å². The molecule has 160 valence electrons. The van der Waals surface area contributed by atoms with Crippen molar-refractivity contribution in [3.05, 3.63) is 53.1 Å². The third-order valence-corrected chi connectivity index (χ3v) is 5.04. The third kappa shape index (κ3) is 5.34. The molecule has 0 spiro atoms. The molecule has 3 N–H and O–H groups in total. The molecule has 0 fully saturated rings. The van der Waals surface area contributed by atoms with E-state index in [4.69, 9.17) is 16.3 Å². The molecular formula is C21H24ClFN4O3. The van der Waals surface area contributed by atoms with Crippen molar-refractivity contribution in [1.82, 2.24) is 14.9 Å². The number of ether oxygens (including phenoxy) is 1. The molecule has 1 aromatic heterocycles. The maximum Gasteiger partial charge on any atom is 0.141 e. The molecule has 3 rings (SSSR count). The quantitative estimate of drug-likeness (QED) is 0.452. The van der Waals surface area contributed by atoms with E-state index in [9.17, 15) is 14.6 Å². The highest BCUT2D eigenvalue weighted by molar-refractivity contribution is 6.31. The average Bonchev–Trinajstić information content (AvgIpc) is 2.74. The number of benzene rings is 2. The normalized spacial score (nSPS) is 11.3. The Kier molecular flexibility index (Phi) is 7.75. The highest BCUT2D eigenvalue weighted by Crippen LogP contribution is 2.31. The number of fused-ring (bicyclic) bond motifs is 1. The van der Waals surface area contributed by atoms with Gasteiger partial charge < -0.3 is 20.3 Å². The minimum absolute atomic E-state index is 0.0218. The number of halogens is 2. The zero-order chi connectivity index (χ0) is 21.5. The van der Waals surface area contributed by atoms with Crippen molar-refractivity contribution in [2.24, 2.45) is 0 Å². The zero-order valence-corrected chi connectivity index (χ0v) is 17.4. The van der Waals surface area contributed by atoms with Crippen LogP contribution in [0.5, 0.6) is 5.75 Å². The molecule has 7 nitrogen and oxygen atoms in total. The van der Waals surface area contributed by atoms with Crippen molar-refractivity contribution >= 4 is 34.0 Å². The highest BCUT2D eigenvalue weighted by atomic mass is 35.5. The average molecular weight is 435 g/mol. The second-order valence-electron chi connectivity index (χ2n) is 6.70. The summed E-state index contributed by atoms with van der Waals surface area (Å²) in [5.41, 5.74) is 2.25. The molecule has 30 heavy (non-hydrogen) atoms. The number of anilines is 2. The van der Waals surface area contributed by atoms with E-state index in [0.717, 1.165) is 10.9 Å². The number of aliphatic hydroxyl groups excluding tert-OH is 2. The number of aromatic nitrogens is 2. The van der Waals surface area contributed by atoms with E-state index < -0.39 is 5.82 Å². The van der Waals surface area contributed by atoms with Crippen LogP contribution in [-0.2, 0) is 6.42 Å². The van der Waals surface area contributed by atoms with Crippen molar-refractivity contribution in [2.75, 3.05) is 45.3 Å². The zero-order valence-electron chi connectivity index (χ0n) is 16.6. The van der Waals surface area contributed by atoms with Gasteiger partial charge in [-0.3, -0.25) is 4.90 Å². The fourth-order valence-corrected chi connectivity index (χ4v) is 3.40. The van der Waals surface area contributed by atoms with Crippen LogP contribution < -0.4 is 10.1 Å². The SMILES string of the molecule is COc1cc2ncnc(Nc3ccc(F)c(Cl)c3)c2cc1CCN(CCO)CCO. The van der Waals surface area contributed by atoms with Gasteiger partial charge in [0.1, 0.15) is 23.7 Å². The molecule has 2 aromatic carbocycles. The van der Waals surface area contributed by atoms with Gasteiger partial charge in [0.15, 0.2) is 0 Å². The highest BCUT2D eigenvalue weighted by Gasteiger charge is 2.13. The van der Waals surface area contributed by atoms with E-state index in [0.29, 0.717) is 48.8 Å². The number of nitrogens with one attached hydrogen (secondary N) is 1. The Labute approximate surface area is 179 Å². The Bertz CT molecular complexity index is 999. The Morgan fingerprint density at radius 3 is 2.53 bits per heavy atom. The summed E-state index contributed by atoms with van der Waals surface area (Å²) < 4.78 is 19.0. The number of hydrogen-bond donors (Lipinski definition) is 3. The Hall–Kier alpha value is -2.52. The monoisotopic (exact) mass is 434 g/mol. The van der Waals surface area contributed by atoms with Crippen LogP contribution in [0, 0.1) is 5.82 Å². The van der Waals surface area contributed by atoms with Gasteiger partial charge in [-0.1, -0.05) is 11.6 Å². The van der Waals surface area contributed by atoms with Gasteiger partial charge in [0, 0.05) is 36.8 Å². The van der Waals surface area contributed by atoms with E-state index in [1.165, 1.54) is 18.5 Å². The van der Waals surface area contributed by atoms with E-state index in [2.05, 4.69) is 15.3 Å². The van der Waals surface area contributed by atoms with Gasteiger partial charge in [0.2, 0.25) is 0 Å². The molecule has 0 atom stereocenters. The first-order valence-electron chi connectivity index (χ1n) is 9.53. The predicted octanol–water partition coefficient (Wildman–Crippen LogP) is 3.00. The van der Waals surface area contributed by atoms with Gasteiger partial charge in [0.25, 0.3) is 0 Å². The molecule has 0 bridgehead atoms. The molecule has 0 aliphatic rings. The molecule has 0 aliphatic heterocycles. The van der Waals surface area contributed by atoms with E-state index >= 15 is 0 Å². The first kappa shape index (κ1) is 22.2. The molecule has 0 unspecified atom stereocenters. The summed E-state index contributed by atoms with van der Waals surface area (Å²) in [7, 11) is 1.60. The Morgan fingerprint density at radius 2 is 1.87 bits per heavy atom. The number of hydrogen-bond acceptors (Lipinski definition) is 7. The lowest BCUT2D eigenvalue weighted by Gasteiger charge is -2.21. The molecule has 3 aromatic rings.